The SMILES string of the molecule is COC1(C)CCCN(c2nc(N)nc(N3CCCC3)n2)C1. The lowest BCUT2D eigenvalue weighted by Gasteiger charge is -2.39. The second kappa shape index (κ2) is 5.63. The van der Waals surface area contributed by atoms with Crippen molar-refractivity contribution in [1.82, 2.24) is 15.0 Å². The van der Waals surface area contributed by atoms with E-state index in [-0.39, 0.29) is 5.60 Å². The number of piperidine rings is 1. The molecular weight excluding hydrogens is 268 g/mol. The molecule has 1 aromatic heterocycles. The number of hydrogen-bond donors (Lipinski definition) is 1. The van der Waals surface area contributed by atoms with Gasteiger partial charge < -0.3 is 20.3 Å². The highest BCUT2D eigenvalue weighted by atomic mass is 16.5. The summed E-state index contributed by atoms with van der Waals surface area (Å²) < 4.78 is 5.64. The first-order valence-electron chi connectivity index (χ1n) is 7.66. The second-order valence-electron chi connectivity index (χ2n) is 6.17. The Labute approximate surface area is 125 Å². The summed E-state index contributed by atoms with van der Waals surface area (Å²) in [5.74, 6) is 1.68. The smallest absolute Gasteiger partial charge is 0.232 e. The number of methoxy groups -OCH3 is 1. The van der Waals surface area contributed by atoms with Crippen molar-refractivity contribution in [3.05, 3.63) is 0 Å². The predicted molar refractivity (Wildman–Crippen MR) is 82.5 cm³/mol. The van der Waals surface area contributed by atoms with Crippen molar-refractivity contribution in [1.29, 1.82) is 0 Å². The largest absolute Gasteiger partial charge is 0.377 e. The average molecular weight is 292 g/mol. The Bertz CT molecular complexity index is 504. The van der Waals surface area contributed by atoms with E-state index in [1.54, 1.807) is 7.11 Å². The third-order valence-corrected chi connectivity index (χ3v) is 4.45. The Morgan fingerprint density at radius 2 is 1.62 bits per heavy atom. The minimum Gasteiger partial charge on any atom is -0.377 e. The van der Waals surface area contributed by atoms with E-state index in [9.17, 15) is 0 Å². The van der Waals surface area contributed by atoms with Crippen LogP contribution in [0.3, 0.4) is 0 Å². The normalized spacial score (nSPS) is 26.4. The molecular formula is C14H24N6O. The van der Waals surface area contributed by atoms with Crippen LogP contribution in [-0.4, -0.2) is 53.8 Å². The molecule has 2 saturated heterocycles. The third kappa shape index (κ3) is 3.02. The highest BCUT2D eigenvalue weighted by Gasteiger charge is 2.32. The fourth-order valence-corrected chi connectivity index (χ4v) is 3.11. The van der Waals surface area contributed by atoms with E-state index in [1.807, 2.05) is 0 Å². The van der Waals surface area contributed by atoms with Gasteiger partial charge in [0.05, 0.1) is 5.60 Å². The van der Waals surface area contributed by atoms with E-state index in [2.05, 4.69) is 31.7 Å². The number of anilines is 3. The molecule has 0 saturated carbocycles. The van der Waals surface area contributed by atoms with E-state index in [4.69, 9.17) is 10.5 Å². The molecule has 3 heterocycles. The van der Waals surface area contributed by atoms with Crippen molar-refractivity contribution in [3.63, 3.8) is 0 Å². The zero-order valence-corrected chi connectivity index (χ0v) is 12.9. The van der Waals surface area contributed by atoms with Crippen LogP contribution in [0.4, 0.5) is 17.8 Å². The van der Waals surface area contributed by atoms with Gasteiger partial charge in [-0.3, -0.25) is 0 Å². The average Bonchev–Trinajstić information content (AvgIpc) is 3.01. The van der Waals surface area contributed by atoms with Gasteiger partial charge >= 0.3 is 0 Å². The molecule has 0 aromatic carbocycles. The van der Waals surface area contributed by atoms with Crippen molar-refractivity contribution in [2.24, 2.45) is 0 Å². The summed E-state index contributed by atoms with van der Waals surface area (Å²) in [7, 11) is 1.76. The number of nitrogens with zero attached hydrogens (tertiary/aromatic N) is 5. The molecule has 2 N–H and O–H groups in total. The van der Waals surface area contributed by atoms with Gasteiger partial charge in [-0.25, -0.2) is 0 Å². The first kappa shape index (κ1) is 14.3. The van der Waals surface area contributed by atoms with Crippen molar-refractivity contribution in [2.75, 3.05) is 48.8 Å². The van der Waals surface area contributed by atoms with E-state index in [1.165, 1.54) is 12.8 Å². The summed E-state index contributed by atoms with van der Waals surface area (Å²) in [4.78, 5) is 17.6. The molecule has 1 atom stereocenters. The number of rotatable bonds is 3. The molecule has 2 aliphatic rings. The first-order chi connectivity index (χ1) is 10.1. The third-order valence-electron chi connectivity index (χ3n) is 4.45. The minimum atomic E-state index is -0.145. The van der Waals surface area contributed by atoms with Crippen molar-refractivity contribution < 1.29 is 4.74 Å². The van der Waals surface area contributed by atoms with Crippen LogP contribution < -0.4 is 15.5 Å². The Hall–Kier alpha value is -1.63. The van der Waals surface area contributed by atoms with Crippen LogP contribution in [0.25, 0.3) is 0 Å². The summed E-state index contributed by atoms with van der Waals surface area (Å²) in [6, 6.07) is 0. The van der Waals surface area contributed by atoms with Gasteiger partial charge in [0.1, 0.15) is 0 Å². The predicted octanol–water partition coefficient (Wildman–Crippen LogP) is 1.06. The summed E-state index contributed by atoms with van der Waals surface area (Å²) in [5.41, 5.74) is 5.74. The number of aromatic nitrogens is 3. The minimum absolute atomic E-state index is 0.145. The topological polar surface area (TPSA) is 80.4 Å². The lowest BCUT2D eigenvalue weighted by atomic mass is 9.95. The van der Waals surface area contributed by atoms with Gasteiger partial charge in [0.25, 0.3) is 0 Å². The van der Waals surface area contributed by atoms with E-state index in [0.29, 0.717) is 17.8 Å². The van der Waals surface area contributed by atoms with Crippen molar-refractivity contribution in [3.8, 4) is 0 Å². The molecule has 3 rings (SSSR count). The molecule has 1 aromatic rings. The molecule has 0 aliphatic carbocycles. The van der Waals surface area contributed by atoms with Crippen molar-refractivity contribution >= 4 is 17.8 Å². The van der Waals surface area contributed by atoms with Gasteiger partial charge in [-0.15, -0.1) is 0 Å². The first-order valence-corrected chi connectivity index (χ1v) is 7.66. The fraction of sp³-hybridized carbons (Fsp3) is 0.786. The van der Waals surface area contributed by atoms with Crippen LogP contribution >= 0.6 is 0 Å². The molecule has 2 aliphatic heterocycles. The van der Waals surface area contributed by atoms with E-state index in [0.717, 1.165) is 39.0 Å². The highest BCUT2D eigenvalue weighted by molar-refractivity contribution is 5.44. The molecule has 116 valence electrons. The standard InChI is InChI=1S/C14H24N6O/c1-14(21-2)6-5-9-20(10-14)13-17-11(15)16-12(18-13)19-7-3-4-8-19/h3-10H2,1-2H3,(H2,15,16,17,18). The molecule has 7 heteroatoms. The van der Waals surface area contributed by atoms with Crippen LogP contribution in [0, 0.1) is 0 Å². The number of ether oxygens (including phenoxy) is 1. The van der Waals surface area contributed by atoms with E-state index < -0.39 is 0 Å². The maximum Gasteiger partial charge on any atom is 0.232 e. The van der Waals surface area contributed by atoms with Crippen LogP contribution in [0.15, 0.2) is 0 Å². The van der Waals surface area contributed by atoms with Crippen LogP contribution in [0.2, 0.25) is 0 Å². The Morgan fingerprint density at radius 3 is 2.29 bits per heavy atom. The van der Waals surface area contributed by atoms with Gasteiger partial charge in [-0.05, 0) is 32.6 Å². The lowest BCUT2D eigenvalue weighted by Crippen LogP contribution is -2.48. The second-order valence-corrected chi connectivity index (χ2v) is 6.17. The summed E-state index contributed by atoms with van der Waals surface area (Å²) in [6.07, 6.45) is 4.49. The quantitative estimate of drug-likeness (QED) is 0.892. The van der Waals surface area contributed by atoms with Crippen LogP contribution in [0.1, 0.15) is 32.6 Å². The van der Waals surface area contributed by atoms with E-state index >= 15 is 0 Å². The number of nitrogen functional groups attached to an aromatic ring is 1. The zero-order valence-electron chi connectivity index (χ0n) is 12.9. The van der Waals surface area contributed by atoms with Gasteiger partial charge in [0, 0.05) is 33.3 Å². The number of nitrogens with two attached hydrogens (primary N) is 1. The molecule has 1 unspecified atom stereocenters. The molecule has 0 spiro atoms. The summed E-state index contributed by atoms with van der Waals surface area (Å²) in [6.45, 7) is 5.84. The lowest BCUT2D eigenvalue weighted by molar-refractivity contribution is -0.00498. The molecule has 0 bridgehead atoms. The molecule has 21 heavy (non-hydrogen) atoms. The Kier molecular flexibility index (Phi) is 3.84. The highest BCUT2D eigenvalue weighted by Crippen LogP contribution is 2.27. The Balaban J connectivity index is 1.84. The number of hydrogen-bond acceptors (Lipinski definition) is 7. The maximum atomic E-state index is 5.89. The summed E-state index contributed by atoms with van der Waals surface area (Å²) >= 11 is 0. The van der Waals surface area contributed by atoms with Gasteiger partial charge in [-0.1, -0.05) is 0 Å². The maximum absolute atomic E-state index is 5.89. The molecule has 0 amide bonds. The summed E-state index contributed by atoms with van der Waals surface area (Å²) in [5, 5.41) is 0. The monoisotopic (exact) mass is 292 g/mol. The molecule has 7 nitrogen and oxygen atoms in total. The fourth-order valence-electron chi connectivity index (χ4n) is 3.11. The van der Waals surface area contributed by atoms with Gasteiger partial charge in [0.2, 0.25) is 17.8 Å². The van der Waals surface area contributed by atoms with Crippen LogP contribution in [0.5, 0.6) is 0 Å². The van der Waals surface area contributed by atoms with Gasteiger partial charge in [0.15, 0.2) is 0 Å². The van der Waals surface area contributed by atoms with Crippen LogP contribution in [-0.2, 0) is 4.74 Å². The van der Waals surface area contributed by atoms with Gasteiger partial charge in [-0.2, -0.15) is 15.0 Å². The van der Waals surface area contributed by atoms with Crippen molar-refractivity contribution in [2.45, 2.75) is 38.2 Å². The molecule has 2 fully saturated rings. The molecule has 0 radical (unpaired) electrons. The Morgan fingerprint density at radius 1 is 1.00 bits per heavy atom. The zero-order chi connectivity index (χ0) is 14.9.